The predicted octanol–water partition coefficient (Wildman–Crippen LogP) is 2.51. The third-order valence-electron chi connectivity index (χ3n) is 3.65. The second-order valence-corrected chi connectivity index (χ2v) is 6.95. The first-order chi connectivity index (χ1) is 8.96. The van der Waals surface area contributed by atoms with E-state index in [-0.39, 0.29) is 17.0 Å². The Kier molecular flexibility index (Phi) is 3.93. The van der Waals surface area contributed by atoms with Crippen molar-refractivity contribution in [3.63, 3.8) is 0 Å². The van der Waals surface area contributed by atoms with Gasteiger partial charge in [-0.2, -0.15) is 9.57 Å². The number of nitrogens with zero attached hydrogens (tertiary/aromatic N) is 2. The van der Waals surface area contributed by atoms with Crippen molar-refractivity contribution in [2.75, 3.05) is 0 Å². The minimum Gasteiger partial charge on any atom is -0.207 e. The van der Waals surface area contributed by atoms with Gasteiger partial charge in [0.15, 0.2) is 0 Å². The molecule has 1 fully saturated rings. The number of hydrogen-bond donors (Lipinski definition) is 0. The summed E-state index contributed by atoms with van der Waals surface area (Å²) in [6.07, 6.45) is 2.84. The lowest BCUT2D eigenvalue weighted by atomic mass is 10.0. The maximum atomic E-state index is 12.7. The molecular weight excluding hydrogens is 260 g/mol. The molecular formula is C14H18N2O2S. The number of sulfonamides is 1. The third kappa shape index (κ3) is 2.65. The van der Waals surface area contributed by atoms with Gasteiger partial charge in [-0.15, -0.1) is 0 Å². The molecule has 0 spiro atoms. The molecule has 1 aromatic rings. The van der Waals surface area contributed by atoms with E-state index in [1.54, 1.807) is 22.5 Å². The molecule has 102 valence electrons. The zero-order chi connectivity index (χ0) is 14.0. The van der Waals surface area contributed by atoms with Crippen LogP contribution in [-0.4, -0.2) is 24.8 Å². The van der Waals surface area contributed by atoms with Gasteiger partial charge in [-0.05, 0) is 44.9 Å². The molecule has 1 aliphatic rings. The Bertz CT molecular complexity index is 594. The number of rotatable bonds is 2. The van der Waals surface area contributed by atoms with Crippen LogP contribution in [-0.2, 0) is 10.0 Å². The highest BCUT2D eigenvalue weighted by Gasteiger charge is 2.35. The lowest BCUT2D eigenvalue weighted by molar-refractivity contribution is 0.204. The number of piperidine rings is 1. The molecule has 0 N–H and O–H groups in total. The minimum atomic E-state index is -3.51. The first-order valence-electron chi connectivity index (χ1n) is 6.50. The molecule has 0 amide bonds. The van der Waals surface area contributed by atoms with Gasteiger partial charge in [0.25, 0.3) is 0 Å². The average molecular weight is 278 g/mol. The van der Waals surface area contributed by atoms with Crippen molar-refractivity contribution in [1.29, 1.82) is 5.26 Å². The molecule has 1 aliphatic heterocycles. The summed E-state index contributed by atoms with van der Waals surface area (Å²) >= 11 is 0. The monoisotopic (exact) mass is 278 g/mol. The molecule has 5 heteroatoms. The maximum Gasteiger partial charge on any atom is 0.243 e. The Hall–Kier alpha value is -1.38. The molecule has 2 atom stereocenters. The number of benzene rings is 1. The lowest BCUT2D eigenvalue weighted by Crippen LogP contribution is -2.47. The molecule has 2 rings (SSSR count). The molecule has 1 aromatic carbocycles. The fourth-order valence-corrected chi connectivity index (χ4v) is 4.65. The van der Waals surface area contributed by atoms with E-state index in [0.717, 1.165) is 19.3 Å². The van der Waals surface area contributed by atoms with Crippen LogP contribution in [0.15, 0.2) is 29.2 Å². The van der Waals surface area contributed by atoms with Gasteiger partial charge >= 0.3 is 0 Å². The molecule has 0 aliphatic carbocycles. The van der Waals surface area contributed by atoms with E-state index in [9.17, 15) is 8.42 Å². The summed E-state index contributed by atoms with van der Waals surface area (Å²) < 4.78 is 27.0. The molecule has 0 radical (unpaired) electrons. The average Bonchev–Trinajstić information content (AvgIpc) is 2.38. The zero-order valence-corrected chi connectivity index (χ0v) is 12.0. The van der Waals surface area contributed by atoms with E-state index in [0.29, 0.717) is 5.56 Å². The van der Waals surface area contributed by atoms with E-state index in [2.05, 4.69) is 0 Å². The lowest BCUT2D eigenvalue weighted by Gasteiger charge is -2.37. The molecule has 0 saturated carbocycles. The highest BCUT2D eigenvalue weighted by molar-refractivity contribution is 7.89. The number of nitriles is 1. The molecule has 0 aromatic heterocycles. The van der Waals surface area contributed by atoms with Crippen LogP contribution < -0.4 is 0 Å². The molecule has 1 heterocycles. The van der Waals surface area contributed by atoms with Crippen LogP contribution in [0.2, 0.25) is 0 Å². The molecule has 4 nitrogen and oxygen atoms in total. The van der Waals surface area contributed by atoms with E-state index in [1.165, 1.54) is 6.07 Å². The van der Waals surface area contributed by atoms with Gasteiger partial charge in [0.05, 0.1) is 16.5 Å². The van der Waals surface area contributed by atoms with Crippen molar-refractivity contribution in [3.8, 4) is 6.07 Å². The van der Waals surface area contributed by atoms with Crippen molar-refractivity contribution in [2.45, 2.75) is 50.1 Å². The molecule has 1 saturated heterocycles. The summed E-state index contributed by atoms with van der Waals surface area (Å²) in [4.78, 5) is 0.215. The Labute approximate surface area is 114 Å². The van der Waals surface area contributed by atoms with Crippen molar-refractivity contribution in [1.82, 2.24) is 4.31 Å². The highest BCUT2D eigenvalue weighted by Crippen LogP contribution is 2.29. The van der Waals surface area contributed by atoms with Crippen LogP contribution in [0, 0.1) is 11.3 Å². The summed E-state index contributed by atoms with van der Waals surface area (Å²) in [5, 5.41) is 8.88. The van der Waals surface area contributed by atoms with Gasteiger partial charge in [0, 0.05) is 12.1 Å². The third-order valence-corrected chi connectivity index (χ3v) is 5.78. The van der Waals surface area contributed by atoms with E-state index in [4.69, 9.17) is 5.26 Å². The molecule has 2 unspecified atom stereocenters. The predicted molar refractivity (Wildman–Crippen MR) is 73.0 cm³/mol. The van der Waals surface area contributed by atoms with Crippen LogP contribution in [0.3, 0.4) is 0 Å². The Morgan fingerprint density at radius 1 is 1.26 bits per heavy atom. The summed E-state index contributed by atoms with van der Waals surface area (Å²) in [5.41, 5.74) is 0.374. The van der Waals surface area contributed by atoms with Crippen LogP contribution in [0.4, 0.5) is 0 Å². The fraction of sp³-hybridized carbons (Fsp3) is 0.500. The van der Waals surface area contributed by atoms with Crippen LogP contribution >= 0.6 is 0 Å². The Morgan fingerprint density at radius 3 is 2.47 bits per heavy atom. The first kappa shape index (κ1) is 14.0. The van der Waals surface area contributed by atoms with Gasteiger partial charge in [-0.25, -0.2) is 8.42 Å². The highest BCUT2D eigenvalue weighted by atomic mass is 32.2. The maximum absolute atomic E-state index is 12.7. The van der Waals surface area contributed by atoms with Crippen molar-refractivity contribution < 1.29 is 8.42 Å². The van der Waals surface area contributed by atoms with Gasteiger partial charge in [0.2, 0.25) is 10.0 Å². The normalized spacial score (nSPS) is 24.9. The van der Waals surface area contributed by atoms with E-state index >= 15 is 0 Å². The van der Waals surface area contributed by atoms with Crippen LogP contribution in [0.1, 0.15) is 38.7 Å². The molecule has 19 heavy (non-hydrogen) atoms. The largest absolute Gasteiger partial charge is 0.243 e. The van der Waals surface area contributed by atoms with Crippen molar-refractivity contribution >= 4 is 10.0 Å². The summed E-state index contributed by atoms with van der Waals surface area (Å²) in [7, 11) is -3.51. The van der Waals surface area contributed by atoms with E-state index in [1.807, 2.05) is 19.9 Å². The smallest absolute Gasteiger partial charge is 0.207 e. The summed E-state index contributed by atoms with van der Waals surface area (Å²) in [6.45, 7) is 3.89. The second-order valence-electron chi connectivity index (χ2n) is 5.10. The number of hydrogen-bond acceptors (Lipinski definition) is 3. The van der Waals surface area contributed by atoms with Gasteiger partial charge < -0.3 is 0 Å². The van der Waals surface area contributed by atoms with Crippen molar-refractivity contribution in [3.05, 3.63) is 29.8 Å². The molecule has 0 bridgehead atoms. The van der Waals surface area contributed by atoms with E-state index < -0.39 is 10.0 Å². The topological polar surface area (TPSA) is 61.2 Å². The second kappa shape index (κ2) is 5.32. The summed E-state index contributed by atoms with van der Waals surface area (Å²) in [5.74, 6) is 0. The fourth-order valence-electron chi connectivity index (χ4n) is 2.72. The van der Waals surface area contributed by atoms with Crippen LogP contribution in [0.5, 0.6) is 0 Å². The Morgan fingerprint density at radius 2 is 1.89 bits per heavy atom. The standard InChI is InChI=1S/C14H18N2O2S/c1-11-5-3-6-12(2)16(11)19(17,18)14-8-4-7-13(9-14)10-15/h4,7-9,11-12H,3,5-6H2,1-2H3. The SMILES string of the molecule is CC1CCCC(C)N1S(=O)(=O)c1cccc(C#N)c1. The zero-order valence-electron chi connectivity index (χ0n) is 11.2. The Balaban J connectivity index is 2.43. The van der Waals surface area contributed by atoms with Crippen LogP contribution in [0.25, 0.3) is 0 Å². The van der Waals surface area contributed by atoms with Gasteiger partial charge in [-0.1, -0.05) is 12.5 Å². The summed E-state index contributed by atoms with van der Waals surface area (Å²) in [6, 6.07) is 8.25. The van der Waals surface area contributed by atoms with Gasteiger partial charge in [-0.3, -0.25) is 0 Å². The minimum absolute atomic E-state index is 0.0134. The van der Waals surface area contributed by atoms with Crippen molar-refractivity contribution in [2.24, 2.45) is 0 Å². The quantitative estimate of drug-likeness (QED) is 0.835. The first-order valence-corrected chi connectivity index (χ1v) is 7.94. The van der Waals surface area contributed by atoms with Gasteiger partial charge in [0.1, 0.15) is 0 Å².